The third-order valence-electron chi connectivity index (χ3n) is 5.34. The van der Waals surface area contributed by atoms with Crippen molar-refractivity contribution in [2.24, 2.45) is 0 Å². The minimum atomic E-state index is -0.485. The van der Waals surface area contributed by atoms with Crippen molar-refractivity contribution in [3.8, 4) is 11.6 Å². The van der Waals surface area contributed by atoms with Crippen molar-refractivity contribution in [1.82, 2.24) is 9.97 Å². The van der Waals surface area contributed by atoms with Gasteiger partial charge in [-0.2, -0.15) is 4.98 Å². The number of aromatic nitrogens is 2. The number of hydrogen-bond donors (Lipinski definition) is 0. The highest BCUT2D eigenvalue weighted by atomic mass is 16.6. The predicted molar refractivity (Wildman–Crippen MR) is 126 cm³/mol. The molecule has 4 rings (SSSR count). The maximum Gasteiger partial charge on any atom is 0.373 e. The van der Waals surface area contributed by atoms with Crippen LogP contribution in [0, 0.1) is 10.1 Å². The van der Waals surface area contributed by atoms with E-state index in [0.717, 1.165) is 22.0 Å². The standard InChI is InChI=1S/C25H24N4O3/c1-4-28(22-11-7-9-19-8-5-6-10-21(19)22)24-23(29(30)31)25(27-16-26-24)32-20-14-12-18(13-15-20)17(2)3/h5-17H,4H2,1-3H3. The SMILES string of the molecule is CCN(c1ncnc(Oc2ccc(C(C)C)cc2)c1[N+](=O)[O-])c1cccc2ccccc12. The summed E-state index contributed by atoms with van der Waals surface area (Å²) in [5.74, 6) is 0.965. The number of rotatable bonds is 7. The Bertz CT molecular complexity index is 1250. The molecule has 1 heterocycles. The van der Waals surface area contributed by atoms with Crippen LogP contribution in [-0.2, 0) is 0 Å². The molecule has 0 aliphatic rings. The lowest BCUT2D eigenvalue weighted by Gasteiger charge is -2.23. The smallest absolute Gasteiger partial charge is 0.373 e. The zero-order valence-electron chi connectivity index (χ0n) is 18.2. The highest BCUT2D eigenvalue weighted by Crippen LogP contribution is 2.40. The first-order chi connectivity index (χ1) is 15.5. The van der Waals surface area contributed by atoms with Crippen molar-refractivity contribution in [1.29, 1.82) is 0 Å². The second-order valence-electron chi connectivity index (χ2n) is 7.68. The van der Waals surface area contributed by atoms with E-state index < -0.39 is 4.92 Å². The molecular weight excluding hydrogens is 404 g/mol. The molecule has 0 saturated heterocycles. The zero-order valence-corrected chi connectivity index (χ0v) is 18.2. The second kappa shape index (κ2) is 9.01. The summed E-state index contributed by atoms with van der Waals surface area (Å²) in [5, 5.41) is 14.1. The molecule has 0 aliphatic carbocycles. The van der Waals surface area contributed by atoms with Gasteiger partial charge < -0.3 is 9.64 Å². The van der Waals surface area contributed by atoms with Gasteiger partial charge in [0.1, 0.15) is 12.1 Å². The van der Waals surface area contributed by atoms with Gasteiger partial charge in [0.15, 0.2) is 0 Å². The largest absolute Gasteiger partial charge is 0.434 e. The highest BCUT2D eigenvalue weighted by Gasteiger charge is 2.29. The Labute approximate surface area is 186 Å². The average molecular weight is 428 g/mol. The normalized spacial score (nSPS) is 11.0. The number of nitrogens with zero attached hydrogens (tertiary/aromatic N) is 4. The summed E-state index contributed by atoms with van der Waals surface area (Å²) in [7, 11) is 0. The summed E-state index contributed by atoms with van der Waals surface area (Å²) < 4.78 is 5.84. The summed E-state index contributed by atoms with van der Waals surface area (Å²) in [5.41, 5.74) is 1.72. The molecule has 1 aromatic heterocycles. The van der Waals surface area contributed by atoms with E-state index in [1.807, 2.05) is 66.4 Å². The molecule has 0 fully saturated rings. The lowest BCUT2D eigenvalue weighted by molar-refractivity contribution is -0.385. The van der Waals surface area contributed by atoms with Crippen LogP contribution in [0.4, 0.5) is 17.2 Å². The fraction of sp³-hybridized carbons (Fsp3) is 0.200. The molecule has 32 heavy (non-hydrogen) atoms. The summed E-state index contributed by atoms with van der Waals surface area (Å²) >= 11 is 0. The number of nitro groups is 1. The van der Waals surface area contributed by atoms with E-state index in [1.165, 1.54) is 6.33 Å². The summed E-state index contributed by atoms with van der Waals surface area (Å²) in [4.78, 5) is 21.8. The minimum absolute atomic E-state index is 0.0871. The molecule has 0 radical (unpaired) electrons. The third-order valence-corrected chi connectivity index (χ3v) is 5.34. The quantitative estimate of drug-likeness (QED) is 0.243. The zero-order chi connectivity index (χ0) is 22.7. The van der Waals surface area contributed by atoms with Crippen LogP contribution < -0.4 is 9.64 Å². The molecule has 4 aromatic rings. The molecule has 0 saturated carbocycles. The van der Waals surface area contributed by atoms with Crippen LogP contribution in [0.5, 0.6) is 11.6 Å². The molecule has 0 N–H and O–H groups in total. The molecule has 0 atom stereocenters. The van der Waals surface area contributed by atoms with Gasteiger partial charge >= 0.3 is 11.6 Å². The monoisotopic (exact) mass is 428 g/mol. The van der Waals surface area contributed by atoms with Crippen LogP contribution in [0.25, 0.3) is 10.8 Å². The van der Waals surface area contributed by atoms with Crippen LogP contribution in [0.3, 0.4) is 0 Å². The molecular formula is C25H24N4O3. The van der Waals surface area contributed by atoms with Crippen LogP contribution in [0.1, 0.15) is 32.3 Å². The Balaban J connectivity index is 1.79. The topological polar surface area (TPSA) is 81.4 Å². The van der Waals surface area contributed by atoms with Gasteiger partial charge in [-0.05, 0) is 42.0 Å². The molecule has 7 heteroatoms. The first-order valence-electron chi connectivity index (χ1n) is 10.5. The van der Waals surface area contributed by atoms with Gasteiger partial charge in [-0.25, -0.2) is 4.98 Å². The van der Waals surface area contributed by atoms with Gasteiger partial charge in [-0.15, -0.1) is 0 Å². The number of anilines is 2. The Morgan fingerprint density at radius 1 is 1.00 bits per heavy atom. The van der Waals surface area contributed by atoms with E-state index in [9.17, 15) is 10.1 Å². The van der Waals surface area contributed by atoms with E-state index in [1.54, 1.807) is 12.1 Å². The average Bonchev–Trinajstić information content (AvgIpc) is 2.80. The minimum Gasteiger partial charge on any atom is -0.434 e. The first kappa shape index (κ1) is 21.2. The number of ether oxygens (including phenoxy) is 1. The second-order valence-corrected chi connectivity index (χ2v) is 7.68. The van der Waals surface area contributed by atoms with Crippen molar-refractivity contribution >= 4 is 28.0 Å². The predicted octanol–water partition coefficient (Wildman–Crippen LogP) is 6.61. The molecule has 0 amide bonds. The Kier molecular flexibility index (Phi) is 5.98. The molecule has 0 spiro atoms. The fourth-order valence-electron chi connectivity index (χ4n) is 3.70. The Morgan fingerprint density at radius 2 is 1.72 bits per heavy atom. The van der Waals surface area contributed by atoms with Crippen molar-refractivity contribution in [3.63, 3.8) is 0 Å². The fourth-order valence-corrected chi connectivity index (χ4v) is 3.70. The van der Waals surface area contributed by atoms with E-state index >= 15 is 0 Å². The van der Waals surface area contributed by atoms with Crippen molar-refractivity contribution in [2.75, 3.05) is 11.4 Å². The lowest BCUT2D eigenvalue weighted by atomic mass is 10.0. The van der Waals surface area contributed by atoms with Crippen LogP contribution in [-0.4, -0.2) is 21.4 Å². The first-order valence-corrected chi connectivity index (χ1v) is 10.5. The van der Waals surface area contributed by atoms with Gasteiger partial charge in [-0.3, -0.25) is 10.1 Å². The van der Waals surface area contributed by atoms with Crippen molar-refractivity contribution < 1.29 is 9.66 Å². The summed E-state index contributed by atoms with van der Waals surface area (Å²) in [6.45, 7) is 6.61. The van der Waals surface area contributed by atoms with E-state index in [-0.39, 0.29) is 17.4 Å². The van der Waals surface area contributed by atoms with Crippen LogP contribution in [0.2, 0.25) is 0 Å². The van der Waals surface area contributed by atoms with E-state index in [4.69, 9.17) is 4.74 Å². The maximum atomic E-state index is 12.1. The number of fused-ring (bicyclic) bond motifs is 1. The Morgan fingerprint density at radius 3 is 2.41 bits per heavy atom. The maximum absolute atomic E-state index is 12.1. The van der Waals surface area contributed by atoms with Gasteiger partial charge in [0.25, 0.3) is 0 Å². The van der Waals surface area contributed by atoms with Gasteiger partial charge in [0.2, 0.25) is 5.82 Å². The molecule has 162 valence electrons. The highest BCUT2D eigenvalue weighted by molar-refractivity contribution is 5.96. The molecule has 0 unspecified atom stereocenters. The lowest BCUT2D eigenvalue weighted by Crippen LogP contribution is -2.19. The van der Waals surface area contributed by atoms with Crippen molar-refractivity contribution in [3.05, 3.63) is 88.7 Å². The summed E-state index contributed by atoms with van der Waals surface area (Å²) in [6, 6.07) is 21.3. The number of hydrogen-bond acceptors (Lipinski definition) is 6. The molecule has 0 aliphatic heterocycles. The molecule has 7 nitrogen and oxygen atoms in total. The van der Waals surface area contributed by atoms with Gasteiger partial charge in [0.05, 0.1) is 10.6 Å². The number of benzene rings is 3. The van der Waals surface area contributed by atoms with Gasteiger partial charge in [-0.1, -0.05) is 62.4 Å². The van der Waals surface area contributed by atoms with E-state index in [2.05, 4.69) is 23.8 Å². The van der Waals surface area contributed by atoms with E-state index in [0.29, 0.717) is 18.2 Å². The Hall–Kier alpha value is -4.00. The molecule has 0 bridgehead atoms. The molecule has 3 aromatic carbocycles. The van der Waals surface area contributed by atoms with Crippen molar-refractivity contribution in [2.45, 2.75) is 26.7 Å². The van der Waals surface area contributed by atoms with Gasteiger partial charge in [0, 0.05) is 11.9 Å². The van der Waals surface area contributed by atoms with Crippen LogP contribution >= 0.6 is 0 Å². The third kappa shape index (κ3) is 4.09. The summed E-state index contributed by atoms with van der Waals surface area (Å²) in [6.07, 6.45) is 1.30. The van der Waals surface area contributed by atoms with Crippen LogP contribution in [0.15, 0.2) is 73.1 Å².